The molecule has 110 valence electrons. The Kier molecular flexibility index (Phi) is 5.01. The van der Waals surface area contributed by atoms with Gasteiger partial charge in [0.1, 0.15) is 5.75 Å². The van der Waals surface area contributed by atoms with Gasteiger partial charge in [0, 0.05) is 6.04 Å². The van der Waals surface area contributed by atoms with Crippen LogP contribution in [0, 0.1) is 5.92 Å². The van der Waals surface area contributed by atoms with Gasteiger partial charge in [0.05, 0.1) is 12.5 Å². The van der Waals surface area contributed by atoms with E-state index in [4.69, 9.17) is 10.5 Å². The molecular weight excluding hydrogens is 252 g/mol. The van der Waals surface area contributed by atoms with E-state index in [1.807, 2.05) is 12.1 Å². The van der Waals surface area contributed by atoms with Gasteiger partial charge >= 0.3 is 0 Å². The van der Waals surface area contributed by atoms with Crippen LogP contribution < -0.4 is 15.8 Å². The van der Waals surface area contributed by atoms with Crippen molar-refractivity contribution in [3.63, 3.8) is 0 Å². The van der Waals surface area contributed by atoms with Crippen LogP contribution in [-0.2, 0) is 11.2 Å². The van der Waals surface area contributed by atoms with E-state index in [0.29, 0.717) is 12.6 Å². The maximum absolute atomic E-state index is 11.1. The molecule has 3 N–H and O–H groups in total. The van der Waals surface area contributed by atoms with E-state index < -0.39 is 0 Å². The van der Waals surface area contributed by atoms with Crippen molar-refractivity contribution in [2.75, 3.05) is 13.2 Å². The second-order valence-electron chi connectivity index (χ2n) is 5.44. The molecule has 0 heterocycles. The Labute approximate surface area is 120 Å². The first-order valence-electron chi connectivity index (χ1n) is 7.40. The standard InChI is InChI=1S/C16H24N2O2/c1-3-18-14-8-4-7-13-12(14)6-5-9-15(13)20-10-11(2)16(17)19/h5-6,9,11,14,18H,3-4,7-8,10H2,1-2H3,(H2,17,19). The monoisotopic (exact) mass is 276 g/mol. The third kappa shape index (κ3) is 3.31. The summed E-state index contributed by atoms with van der Waals surface area (Å²) in [5, 5.41) is 3.52. The van der Waals surface area contributed by atoms with Crippen LogP contribution in [0.15, 0.2) is 18.2 Å². The zero-order chi connectivity index (χ0) is 14.5. The van der Waals surface area contributed by atoms with E-state index >= 15 is 0 Å². The number of carbonyl (C=O) groups is 1. The Balaban J connectivity index is 2.15. The topological polar surface area (TPSA) is 64.3 Å². The third-order valence-electron chi connectivity index (χ3n) is 3.89. The van der Waals surface area contributed by atoms with Crippen molar-refractivity contribution >= 4 is 5.91 Å². The van der Waals surface area contributed by atoms with Crippen molar-refractivity contribution in [3.8, 4) is 5.75 Å². The van der Waals surface area contributed by atoms with Crippen LogP contribution in [0.2, 0.25) is 0 Å². The molecule has 1 aromatic rings. The maximum atomic E-state index is 11.1. The number of benzene rings is 1. The molecule has 1 aliphatic carbocycles. The molecule has 0 aromatic heterocycles. The van der Waals surface area contributed by atoms with Crippen LogP contribution in [0.1, 0.15) is 43.9 Å². The normalized spacial score (nSPS) is 19.2. The molecule has 1 amide bonds. The van der Waals surface area contributed by atoms with Gasteiger partial charge in [-0.1, -0.05) is 26.0 Å². The van der Waals surface area contributed by atoms with E-state index in [2.05, 4.69) is 18.3 Å². The molecule has 0 aliphatic heterocycles. The summed E-state index contributed by atoms with van der Waals surface area (Å²) in [5.74, 6) is 0.317. The predicted octanol–water partition coefficient (Wildman–Crippen LogP) is 2.17. The van der Waals surface area contributed by atoms with E-state index in [1.54, 1.807) is 6.92 Å². The molecular formula is C16H24N2O2. The quantitative estimate of drug-likeness (QED) is 0.837. The van der Waals surface area contributed by atoms with Gasteiger partial charge in [-0.3, -0.25) is 4.79 Å². The fraction of sp³-hybridized carbons (Fsp3) is 0.562. The number of carbonyl (C=O) groups excluding carboxylic acids is 1. The number of primary amides is 1. The zero-order valence-corrected chi connectivity index (χ0v) is 12.3. The van der Waals surface area contributed by atoms with Gasteiger partial charge in [-0.2, -0.15) is 0 Å². The highest BCUT2D eigenvalue weighted by atomic mass is 16.5. The van der Waals surface area contributed by atoms with Crippen LogP contribution >= 0.6 is 0 Å². The molecule has 0 radical (unpaired) electrons. The summed E-state index contributed by atoms with van der Waals surface area (Å²) in [4.78, 5) is 11.1. The summed E-state index contributed by atoms with van der Waals surface area (Å²) in [6.07, 6.45) is 3.37. The maximum Gasteiger partial charge on any atom is 0.223 e. The lowest BCUT2D eigenvalue weighted by molar-refractivity contribution is -0.122. The summed E-state index contributed by atoms with van der Waals surface area (Å²) < 4.78 is 5.83. The predicted molar refractivity (Wildman–Crippen MR) is 79.7 cm³/mol. The van der Waals surface area contributed by atoms with Crippen molar-refractivity contribution < 1.29 is 9.53 Å². The highest BCUT2D eigenvalue weighted by Gasteiger charge is 2.22. The highest BCUT2D eigenvalue weighted by molar-refractivity contribution is 5.76. The van der Waals surface area contributed by atoms with E-state index in [-0.39, 0.29) is 11.8 Å². The first-order chi connectivity index (χ1) is 9.63. The molecule has 2 atom stereocenters. The number of amides is 1. The molecule has 0 bridgehead atoms. The molecule has 1 aromatic carbocycles. The lowest BCUT2D eigenvalue weighted by atomic mass is 9.87. The largest absolute Gasteiger partial charge is 0.492 e. The lowest BCUT2D eigenvalue weighted by Crippen LogP contribution is -2.27. The van der Waals surface area contributed by atoms with Gasteiger partial charge in [0.25, 0.3) is 0 Å². The number of hydrogen-bond donors (Lipinski definition) is 2. The average Bonchev–Trinajstić information content (AvgIpc) is 2.45. The molecule has 0 fully saturated rings. The summed E-state index contributed by atoms with van der Waals surface area (Å²) in [7, 11) is 0. The van der Waals surface area contributed by atoms with Gasteiger partial charge in [-0.05, 0) is 43.0 Å². The van der Waals surface area contributed by atoms with E-state index in [9.17, 15) is 4.79 Å². The summed E-state index contributed by atoms with van der Waals surface area (Å²) in [5.41, 5.74) is 7.89. The summed E-state index contributed by atoms with van der Waals surface area (Å²) in [6, 6.07) is 6.60. The van der Waals surface area contributed by atoms with Crippen LogP contribution in [0.5, 0.6) is 5.75 Å². The molecule has 4 nitrogen and oxygen atoms in total. The van der Waals surface area contributed by atoms with E-state index in [0.717, 1.165) is 25.1 Å². The molecule has 0 saturated heterocycles. The van der Waals surface area contributed by atoms with E-state index in [1.165, 1.54) is 17.5 Å². The third-order valence-corrected chi connectivity index (χ3v) is 3.89. The smallest absolute Gasteiger partial charge is 0.223 e. The Morgan fingerprint density at radius 2 is 2.35 bits per heavy atom. The Hall–Kier alpha value is -1.55. The first kappa shape index (κ1) is 14.9. The fourth-order valence-electron chi connectivity index (χ4n) is 2.71. The van der Waals surface area contributed by atoms with Gasteiger partial charge in [-0.15, -0.1) is 0 Å². The fourth-order valence-corrected chi connectivity index (χ4v) is 2.71. The molecule has 4 heteroatoms. The van der Waals surface area contributed by atoms with Gasteiger partial charge in [-0.25, -0.2) is 0 Å². The van der Waals surface area contributed by atoms with Crippen molar-refractivity contribution in [1.29, 1.82) is 0 Å². The summed E-state index contributed by atoms with van der Waals surface area (Å²) >= 11 is 0. The van der Waals surface area contributed by atoms with Crippen LogP contribution in [0.3, 0.4) is 0 Å². The number of ether oxygens (including phenoxy) is 1. The number of nitrogens with two attached hydrogens (primary N) is 1. The summed E-state index contributed by atoms with van der Waals surface area (Å²) in [6.45, 7) is 5.23. The number of rotatable bonds is 6. The molecule has 0 saturated carbocycles. The van der Waals surface area contributed by atoms with Crippen molar-refractivity contribution in [3.05, 3.63) is 29.3 Å². The second kappa shape index (κ2) is 6.75. The van der Waals surface area contributed by atoms with Crippen molar-refractivity contribution in [2.45, 2.75) is 39.2 Å². The van der Waals surface area contributed by atoms with Gasteiger partial charge < -0.3 is 15.8 Å². The van der Waals surface area contributed by atoms with Crippen LogP contribution in [0.4, 0.5) is 0 Å². The highest BCUT2D eigenvalue weighted by Crippen LogP contribution is 2.35. The lowest BCUT2D eigenvalue weighted by Gasteiger charge is -2.28. The van der Waals surface area contributed by atoms with Crippen LogP contribution in [0.25, 0.3) is 0 Å². The Morgan fingerprint density at radius 3 is 3.05 bits per heavy atom. The number of fused-ring (bicyclic) bond motifs is 1. The molecule has 0 spiro atoms. The SMILES string of the molecule is CCNC1CCCc2c(OCC(C)C(N)=O)cccc21. The Bertz CT molecular complexity index is 474. The van der Waals surface area contributed by atoms with Crippen molar-refractivity contribution in [2.24, 2.45) is 11.7 Å². The minimum Gasteiger partial charge on any atom is -0.492 e. The number of hydrogen-bond acceptors (Lipinski definition) is 3. The first-order valence-corrected chi connectivity index (χ1v) is 7.40. The Morgan fingerprint density at radius 1 is 1.55 bits per heavy atom. The van der Waals surface area contributed by atoms with Crippen molar-refractivity contribution in [1.82, 2.24) is 5.32 Å². The second-order valence-corrected chi connectivity index (χ2v) is 5.44. The minimum absolute atomic E-state index is 0.265. The van der Waals surface area contributed by atoms with Crippen LogP contribution in [-0.4, -0.2) is 19.1 Å². The zero-order valence-electron chi connectivity index (χ0n) is 12.3. The molecule has 1 aliphatic rings. The minimum atomic E-state index is -0.319. The van der Waals surface area contributed by atoms with Gasteiger partial charge in [0.15, 0.2) is 0 Å². The molecule has 2 rings (SSSR count). The average molecular weight is 276 g/mol. The molecule has 20 heavy (non-hydrogen) atoms. The molecule has 2 unspecified atom stereocenters. The number of nitrogens with one attached hydrogen (secondary N) is 1. The van der Waals surface area contributed by atoms with Gasteiger partial charge in [0.2, 0.25) is 5.91 Å².